The molecule has 1 aliphatic heterocycles. The van der Waals surface area contributed by atoms with Crippen molar-refractivity contribution in [3.63, 3.8) is 0 Å². The van der Waals surface area contributed by atoms with E-state index < -0.39 is 41.7 Å². The molecule has 3 rings (SSSR count). The number of fused-ring (bicyclic) bond motifs is 1. The Bertz CT molecular complexity index is 1040. The van der Waals surface area contributed by atoms with Crippen LogP contribution in [-0.4, -0.2) is 18.0 Å². The van der Waals surface area contributed by atoms with E-state index in [2.05, 4.69) is 26.6 Å². The van der Waals surface area contributed by atoms with Crippen LogP contribution in [-0.2, 0) is 4.79 Å². The Kier molecular flexibility index (Phi) is 5.90. The van der Waals surface area contributed by atoms with Crippen LogP contribution in [0.4, 0.5) is 23.2 Å². The molecule has 0 saturated heterocycles. The van der Waals surface area contributed by atoms with Crippen LogP contribution >= 0.6 is 27.5 Å². The predicted molar refractivity (Wildman–Crippen MR) is 108 cm³/mol. The molecular weight excluding hydrogens is 492 g/mol. The Morgan fingerprint density at radius 1 is 1.23 bits per heavy atom. The second-order valence-corrected chi connectivity index (χ2v) is 8.92. The van der Waals surface area contributed by atoms with E-state index in [4.69, 9.17) is 11.6 Å². The molecule has 0 fully saturated rings. The van der Waals surface area contributed by atoms with Crippen molar-refractivity contribution in [3.8, 4) is 0 Å². The van der Waals surface area contributed by atoms with Crippen molar-refractivity contribution in [2.75, 3.05) is 5.32 Å². The van der Waals surface area contributed by atoms with Gasteiger partial charge in [-0.2, -0.15) is 13.2 Å². The molecule has 0 spiro atoms. The Morgan fingerprint density at radius 2 is 1.90 bits per heavy atom. The van der Waals surface area contributed by atoms with Gasteiger partial charge >= 0.3 is 6.18 Å². The summed E-state index contributed by atoms with van der Waals surface area (Å²) in [6.45, 7) is 1.86. The number of alkyl halides is 3. The molecule has 4 nitrogen and oxygen atoms in total. The second kappa shape index (κ2) is 7.85. The van der Waals surface area contributed by atoms with Crippen molar-refractivity contribution in [2.24, 2.45) is 5.41 Å². The van der Waals surface area contributed by atoms with Crippen molar-refractivity contribution in [1.29, 1.82) is 0 Å². The summed E-state index contributed by atoms with van der Waals surface area (Å²) in [7, 11) is 0. The number of benzene rings is 2. The van der Waals surface area contributed by atoms with Gasteiger partial charge in [0, 0.05) is 38.3 Å². The highest BCUT2D eigenvalue weighted by atomic mass is 79.9. The molecular formula is C20H16BrClF4N2O2. The summed E-state index contributed by atoms with van der Waals surface area (Å²) in [5.74, 6) is -1.93. The topological polar surface area (TPSA) is 58.2 Å². The number of halogens is 6. The summed E-state index contributed by atoms with van der Waals surface area (Å²) in [6, 6.07) is 5.75. The SMILES string of the molecule is CC(C)(CC(=O)Nc1cc(Br)cc2c1C(c1cc(F)ccc1Cl)NC2=O)C(F)(F)F. The molecule has 160 valence electrons. The van der Waals surface area contributed by atoms with E-state index >= 15 is 0 Å². The van der Waals surface area contributed by atoms with Gasteiger partial charge in [-0.15, -0.1) is 0 Å². The highest BCUT2D eigenvalue weighted by molar-refractivity contribution is 9.10. The molecule has 0 bridgehead atoms. The fraction of sp³-hybridized carbons (Fsp3) is 0.300. The van der Waals surface area contributed by atoms with Gasteiger partial charge in [0.05, 0.1) is 11.5 Å². The predicted octanol–water partition coefficient (Wildman–Crippen LogP) is 5.99. The maximum atomic E-state index is 13.8. The van der Waals surface area contributed by atoms with E-state index in [0.717, 1.165) is 26.0 Å². The van der Waals surface area contributed by atoms with Gasteiger partial charge in [0.25, 0.3) is 5.91 Å². The van der Waals surface area contributed by atoms with Crippen LogP contribution in [0.3, 0.4) is 0 Å². The van der Waals surface area contributed by atoms with Gasteiger partial charge in [-0.05, 0) is 30.3 Å². The lowest BCUT2D eigenvalue weighted by atomic mass is 9.88. The summed E-state index contributed by atoms with van der Waals surface area (Å²) in [4.78, 5) is 24.9. The summed E-state index contributed by atoms with van der Waals surface area (Å²) in [6.07, 6.45) is -5.39. The van der Waals surface area contributed by atoms with Gasteiger partial charge in [0.1, 0.15) is 5.82 Å². The highest BCUT2D eigenvalue weighted by Gasteiger charge is 2.48. The molecule has 0 saturated carbocycles. The number of carbonyl (C=O) groups excluding carboxylic acids is 2. The second-order valence-electron chi connectivity index (χ2n) is 7.59. The molecule has 10 heteroatoms. The average Bonchev–Trinajstić information content (AvgIpc) is 2.92. The van der Waals surface area contributed by atoms with Crippen LogP contribution in [0.25, 0.3) is 0 Å². The zero-order chi connectivity index (χ0) is 22.4. The average molecular weight is 508 g/mol. The smallest absolute Gasteiger partial charge is 0.341 e. The first-order valence-corrected chi connectivity index (χ1v) is 9.93. The van der Waals surface area contributed by atoms with E-state index in [1.165, 1.54) is 18.2 Å². The van der Waals surface area contributed by atoms with Gasteiger partial charge < -0.3 is 10.6 Å². The van der Waals surface area contributed by atoms with Crippen molar-refractivity contribution in [2.45, 2.75) is 32.5 Å². The summed E-state index contributed by atoms with van der Waals surface area (Å²) >= 11 is 9.41. The van der Waals surface area contributed by atoms with Crippen molar-refractivity contribution in [1.82, 2.24) is 5.32 Å². The highest BCUT2D eigenvalue weighted by Crippen LogP contribution is 2.43. The molecule has 2 aromatic rings. The summed E-state index contributed by atoms with van der Waals surface area (Å²) in [5.41, 5.74) is -1.36. The Labute approximate surface area is 183 Å². The molecule has 1 heterocycles. The number of anilines is 1. The van der Waals surface area contributed by atoms with Crippen LogP contribution < -0.4 is 10.6 Å². The number of rotatable bonds is 4. The van der Waals surface area contributed by atoms with Gasteiger partial charge in [0.15, 0.2) is 0 Å². The van der Waals surface area contributed by atoms with E-state index in [1.54, 1.807) is 0 Å². The number of nitrogens with one attached hydrogen (secondary N) is 2. The molecule has 0 radical (unpaired) electrons. The van der Waals surface area contributed by atoms with Crippen LogP contribution in [0.15, 0.2) is 34.8 Å². The van der Waals surface area contributed by atoms with E-state index in [0.29, 0.717) is 10.0 Å². The first kappa shape index (κ1) is 22.6. The quantitative estimate of drug-likeness (QED) is 0.499. The monoisotopic (exact) mass is 506 g/mol. The fourth-order valence-corrected chi connectivity index (χ4v) is 3.85. The molecule has 1 unspecified atom stereocenters. The summed E-state index contributed by atoms with van der Waals surface area (Å²) < 4.78 is 53.7. The minimum atomic E-state index is -4.57. The van der Waals surface area contributed by atoms with E-state index in [1.807, 2.05) is 0 Å². The van der Waals surface area contributed by atoms with Gasteiger partial charge in [-0.25, -0.2) is 4.39 Å². The lowest BCUT2D eigenvalue weighted by Gasteiger charge is -2.27. The van der Waals surface area contributed by atoms with Crippen molar-refractivity contribution in [3.05, 3.63) is 62.3 Å². The van der Waals surface area contributed by atoms with Crippen LogP contribution in [0.2, 0.25) is 5.02 Å². The molecule has 0 aromatic heterocycles. The first-order valence-electron chi connectivity index (χ1n) is 8.76. The lowest BCUT2D eigenvalue weighted by molar-refractivity contribution is -0.213. The largest absolute Gasteiger partial charge is 0.394 e. The lowest BCUT2D eigenvalue weighted by Crippen LogP contribution is -2.36. The maximum Gasteiger partial charge on any atom is 0.394 e. The maximum absolute atomic E-state index is 13.8. The minimum absolute atomic E-state index is 0.131. The standard InChI is InChI=1S/C20H16BrClF4N2O2/c1-19(2,20(24,25)26)8-15(29)27-14-6-9(21)5-12-16(14)17(28-18(12)30)11-7-10(23)3-4-13(11)22/h3-7,17H,8H2,1-2H3,(H,27,29)(H,28,30). The Hall–Kier alpha value is -2.13. The van der Waals surface area contributed by atoms with Crippen molar-refractivity contribution < 1.29 is 27.2 Å². The molecule has 1 atom stereocenters. The normalized spacial score (nSPS) is 16.3. The molecule has 1 aliphatic rings. The van der Waals surface area contributed by atoms with Gasteiger partial charge in [-0.3, -0.25) is 9.59 Å². The van der Waals surface area contributed by atoms with Crippen LogP contribution in [0.1, 0.15) is 47.8 Å². The zero-order valence-electron chi connectivity index (χ0n) is 15.8. The van der Waals surface area contributed by atoms with E-state index in [9.17, 15) is 27.2 Å². The third-order valence-electron chi connectivity index (χ3n) is 4.87. The number of amides is 2. The molecule has 0 aliphatic carbocycles. The summed E-state index contributed by atoms with van der Waals surface area (Å²) in [5, 5.41) is 5.33. The number of hydrogen-bond acceptors (Lipinski definition) is 2. The number of hydrogen-bond donors (Lipinski definition) is 2. The first-order chi connectivity index (χ1) is 13.8. The third kappa shape index (κ3) is 4.32. The van der Waals surface area contributed by atoms with Gasteiger partial charge in [-0.1, -0.05) is 41.4 Å². The third-order valence-corrected chi connectivity index (χ3v) is 5.67. The molecule has 2 amide bonds. The zero-order valence-corrected chi connectivity index (χ0v) is 18.1. The molecule has 2 aromatic carbocycles. The van der Waals surface area contributed by atoms with E-state index in [-0.39, 0.29) is 21.8 Å². The minimum Gasteiger partial charge on any atom is -0.341 e. The van der Waals surface area contributed by atoms with Crippen LogP contribution in [0.5, 0.6) is 0 Å². The molecule has 2 N–H and O–H groups in total. The van der Waals surface area contributed by atoms with Crippen LogP contribution in [0, 0.1) is 11.2 Å². The Balaban J connectivity index is 2.02. The Morgan fingerprint density at radius 3 is 2.53 bits per heavy atom. The number of carbonyl (C=O) groups is 2. The fourth-order valence-electron chi connectivity index (χ4n) is 3.17. The van der Waals surface area contributed by atoms with Gasteiger partial charge in [0.2, 0.25) is 5.91 Å². The molecule has 30 heavy (non-hydrogen) atoms. The van der Waals surface area contributed by atoms with Crippen molar-refractivity contribution >= 4 is 45.0 Å².